The molecule has 10 heteroatoms. The summed E-state index contributed by atoms with van der Waals surface area (Å²) in [5.41, 5.74) is 1.28. The average Bonchev–Trinajstić information content (AvgIpc) is 2.87. The molecular formula is C28H29F3N2O4S. The first-order valence-electron chi connectivity index (χ1n) is 12.2. The quantitative estimate of drug-likeness (QED) is 0.283. The van der Waals surface area contributed by atoms with Crippen molar-refractivity contribution in [3.05, 3.63) is 95.1 Å². The molecule has 0 saturated heterocycles. The number of benzene rings is 3. The monoisotopic (exact) mass is 546 g/mol. The summed E-state index contributed by atoms with van der Waals surface area (Å²) in [6.45, 7) is 1.98. The van der Waals surface area contributed by atoms with E-state index < -0.39 is 33.6 Å². The Morgan fingerprint density at radius 1 is 0.816 bits per heavy atom. The summed E-state index contributed by atoms with van der Waals surface area (Å²) in [5, 5.41) is 2.59. The molecule has 0 bridgehead atoms. The molecule has 0 spiro atoms. The maximum atomic E-state index is 12.8. The van der Waals surface area contributed by atoms with E-state index in [1.165, 1.54) is 30.3 Å². The molecule has 202 valence electrons. The Hall–Kier alpha value is -3.66. The molecule has 3 aromatic rings. The summed E-state index contributed by atoms with van der Waals surface area (Å²) >= 11 is 0. The van der Waals surface area contributed by atoms with Crippen LogP contribution >= 0.6 is 0 Å². The van der Waals surface area contributed by atoms with Gasteiger partial charge in [-0.3, -0.25) is 9.59 Å². The molecule has 0 aliphatic heterocycles. The highest BCUT2D eigenvalue weighted by molar-refractivity contribution is 7.90. The predicted molar refractivity (Wildman–Crippen MR) is 139 cm³/mol. The Morgan fingerprint density at radius 3 is 1.97 bits per heavy atom. The zero-order chi connectivity index (χ0) is 27.8. The van der Waals surface area contributed by atoms with E-state index in [4.69, 9.17) is 0 Å². The molecule has 0 fully saturated rings. The summed E-state index contributed by atoms with van der Waals surface area (Å²) in [7, 11) is -4.18. The van der Waals surface area contributed by atoms with Crippen molar-refractivity contribution in [1.82, 2.24) is 4.72 Å². The van der Waals surface area contributed by atoms with Crippen LogP contribution in [0.25, 0.3) is 0 Å². The van der Waals surface area contributed by atoms with E-state index in [1.807, 2.05) is 6.92 Å². The zero-order valence-electron chi connectivity index (χ0n) is 20.8. The van der Waals surface area contributed by atoms with Crippen LogP contribution in [0.15, 0.2) is 77.7 Å². The molecule has 0 radical (unpaired) electrons. The van der Waals surface area contributed by atoms with E-state index in [0.717, 1.165) is 36.1 Å². The maximum Gasteiger partial charge on any atom is 0.416 e. The van der Waals surface area contributed by atoms with Crippen LogP contribution < -0.4 is 10.0 Å². The molecule has 2 amide bonds. The van der Waals surface area contributed by atoms with Crippen LogP contribution in [-0.4, -0.2) is 20.2 Å². The van der Waals surface area contributed by atoms with Crippen LogP contribution in [0.3, 0.4) is 0 Å². The van der Waals surface area contributed by atoms with Crippen molar-refractivity contribution in [2.75, 3.05) is 5.32 Å². The first-order valence-corrected chi connectivity index (χ1v) is 13.7. The molecule has 3 aromatic carbocycles. The average molecular weight is 547 g/mol. The molecule has 3 rings (SSSR count). The Kier molecular flexibility index (Phi) is 9.68. The number of carbonyl (C=O) groups excluding carboxylic acids is 2. The Balaban J connectivity index is 1.62. The Labute approximate surface area is 220 Å². The van der Waals surface area contributed by atoms with Gasteiger partial charge < -0.3 is 5.32 Å². The van der Waals surface area contributed by atoms with Crippen molar-refractivity contribution >= 4 is 27.5 Å². The number of sulfonamides is 1. The zero-order valence-corrected chi connectivity index (χ0v) is 21.7. The van der Waals surface area contributed by atoms with Crippen molar-refractivity contribution < 1.29 is 31.2 Å². The van der Waals surface area contributed by atoms with Gasteiger partial charge in [-0.2, -0.15) is 13.2 Å². The minimum absolute atomic E-state index is 0.0396. The number of hydrogen-bond acceptors (Lipinski definition) is 4. The van der Waals surface area contributed by atoms with Gasteiger partial charge in [-0.05, 0) is 66.8 Å². The van der Waals surface area contributed by atoms with Gasteiger partial charge in [-0.15, -0.1) is 0 Å². The standard InChI is InChI=1S/C28H29F3N2O4S/c1-2-3-4-9-26(34)33-38(36,37)25-8-6-5-7-24(25)32-27(35)22-16-12-20(13-17-22)10-11-21-14-18-23(19-15-21)28(29,30)31/h5-8,12-19H,2-4,9-11H2,1H3,(H,32,35)(H,33,34). The minimum Gasteiger partial charge on any atom is -0.321 e. The lowest BCUT2D eigenvalue weighted by Gasteiger charge is -2.13. The second kappa shape index (κ2) is 12.7. The lowest BCUT2D eigenvalue weighted by atomic mass is 10.0. The lowest BCUT2D eigenvalue weighted by molar-refractivity contribution is -0.137. The molecule has 0 heterocycles. The number of unbranched alkanes of at least 4 members (excludes halogenated alkanes) is 2. The van der Waals surface area contributed by atoms with E-state index in [1.54, 1.807) is 30.3 Å². The number of nitrogens with one attached hydrogen (secondary N) is 2. The van der Waals surface area contributed by atoms with Gasteiger partial charge in [0.05, 0.1) is 11.3 Å². The number of amides is 2. The van der Waals surface area contributed by atoms with Gasteiger partial charge in [0.1, 0.15) is 4.90 Å². The Morgan fingerprint density at radius 2 is 1.39 bits per heavy atom. The summed E-state index contributed by atoms with van der Waals surface area (Å²) < 4.78 is 65.8. The fourth-order valence-electron chi connectivity index (χ4n) is 3.76. The fourth-order valence-corrected chi connectivity index (χ4v) is 4.94. The molecular weight excluding hydrogens is 517 g/mol. The molecule has 6 nitrogen and oxygen atoms in total. The third-order valence-corrected chi connectivity index (χ3v) is 7.31. The molecule has 0 aliphatic rings. The van der Waals surface area contributed by atoms with E-state index in [2.05, 4.69) is 10.0 Å². The van der Waals surface area contributed by atoms with Gasteiger partial charge in [0.2, 0.25) is 5.91 Å². The van der Waals surface area contributed by atoms with Crippen LogP contribution in [0, 0.1) is 0 Å². The van der Waals surface area contributed by atoms with Crippen molar-refractivity contribution in [1.29, 1.82) is 0 Å². The molecule has 0 aromatic heterocycles. The molecule has 0 aliphatic carbocycles. The van der Waals surface area contributed by atoms with Crippen LogP contribution in [0.4, 0.5) is 18.9 Å². The third kappa shape index (κ3) is 8.17. The SMILES string of the molecule is CCCCCC(=O)NS(=O)(=O)c1ccccc1NC(=O)c1ccc(CCc2ccc(C(F)(F)F)cc2)cc1. The number of alkyl halides is 3. The van der Waals surface area contributed by atoms with E-state index in [0.29, 0.717) is 24.8 Å². The minimum atomic E-state index is -4.37. The summed E-state index contributed by atoms with van der Waals surface area (Å²) in [4.78, 5) is 24.7. The van der Waals surface area contributed by atoms with E-state index in [9.17, 15) is 31.2 Å². The smallest absolute Gasteiger partial charge is 0.321 e. The van der Waals surface area contributed by atoms with E-state index >= 15 is 0 Å². The first kappa shape index (κ1) is 28.9. The van der Waals surface area contributed by atoms with Gasteiger partial charge in [0.25, 0.3) is 15.9 Å². The van der Waals surface area contributed by atoms with Gasteiger partial charge in [-0.25, -0.2) is 13.1 Å². The number of hydrogen-bond donors (Lipinski definition) is 2. The highest BCUT2D eigenvalue weighted by Crippen LogP contribution is 2.29. The van der Waals surface area contributed by atoms with E-state index in [-0.39, 0.29) is 17.0 Å². The number of halogens is 3. The number of aryl methyl sites for hydroxylation is 2. The molecule has 38 heavy (non-hydrogen) atoms. The van der Waals surface area contributed by atoms with Crippen molar-refractivity contribution in [2.24, 2.45) is 0 Å². The highest BCUT2D eigenvalue weighted by atomic mass is 32.2. The number of para-hydroxylation sites is 1. The second-order valence-electron chi connectivity index (χ2n) is 8.83. The van der Waals surface area contributed by atoms with Crippen LogP contribution in [-0.2, 0) is 33.8 Å². The normalized spacial score (nSPS) is 11.7. The van der Waals surface area contributed by atoms with Gasteiger partial charge in [-0.1, -0.05) is 56.2 Å². The van der Waals surface area contributed by atoms with Crippen LogP contribution in [0.2, 0.25) is 0 Å². The molecule has 0 saturated carbocycles. The summed E-state index contributed by atoms with van der Waals surface area (Å²) in [6.07, 6.45) is -0.903. The van der Waals surface area contributed by atoms with Crippen molar-refractivity contribution in [3.8, 4) is 0 Å². The van der Waals surface area contributed by atoms with Gasteiger partial charge >= 0.3 is 6.18 Å². The van der Waals surface area contributed by atoms with Crippen LogP contribution in [0.1, 0.15) is 59.7 Å². The van der Waals surface area contributed by atoms with Crippen molar-refractivity contribution in [3.63, 3.8) is 0 Å². The number of rotatable bonds is 11. The number of carbonyl (C=O) groups is 2. The third-order valence-electron chi connectivity index (χ3n) is 5.88. The molecule has 0 atom stereocenters. The highest BCUT2D eigenvalue weighted by Gasteiger charge is 2.29. The topological polar surface area (TPSA) is 92.3 Å². The predicted octanol–water partition coefficient (Wildman–Crippen LogP) is 6.13. The summed E-state index contributed by atoms with van der Waals surface area (Å²) in [5.74, 6) is -1.14. The van der Waals surface area contributed by atoms with Gasteiger partial charge in [0, 0.05) is 12.0 Å². The lowest BCUT2D eigenvalue weighted by Crippen LogP contribution is -2.31. The molecule has 0 unspecified atom stereocenters. The fraction of sp³-hybridized carbons (Fsp3) is 0.286. The summed E-state index contributed by atoms with van der Waals surface area (Å²) in [6, 6.07) is 17.5. The van der Waals surface area contributed by atoms with Crippen molar-refractivity contribution in [2.45, 2.75) is 56.5 Å². The Bertz CT molecular complexity index is 1350. The first-order chi connectivity index (χ1) is 18.0. The maximum absolute atomic E-state index is 12.8. The van der Waals surface area contributed by atoms with Gasteiger partial charge in [0.15, 0.2) is 0 Å². The van der Waals surface area contributed by atoms with Crippen LogP contribution in [0.5, 0.6) is 0 Å². The molecule has 2 N–H and O–H groups in total. The number of anilines is 1. The largest absolute Gasteiger partial charge is 0.416 e. The second-order valence-corrected chi connectivity index (χ2v) is 10.5.